The second-order valence-electron chi connectivity index (χ2n) is 8.48. The van der Waals surface area contributed by atoms with Crippen LogP contribution in [-0.2, 0) is 9.84 Å². The van der Waals surface area contributed by atoms with Crippen LogP contribution in [0.5, 0.6) is 5.75 Å². The number of nitrogens with zero attached hydrogens (tertiary/aromatic N) is 1. The maximum absolute atomic E-state index is 13.2. The number of hydrogen-bond acceptors (Lipinski definition) is 5. The molecule has 2 fully saturated rings. The topological polar surface area (TPSA) is 98.7 Å². The zero-order valence-electron chi connectivity index (χ0n) is 17.0. The Morgan fingerprint density at radius 2 is 1.93 bits per heavy atom. The molecule has 1 aliphatic heterocycles. The second-order valence-corrected chi connectivity index (χ2v) is 11.1. The number of benzene rings is 1. The number of nitrogens with one attached hydrogen (secondary N) is 2. The summed E-state index contributed by atoms with van der Waals surface area (Å²) >= 11 is 6.18. The van der Waals surface area contributed by atoms with Crippen LogP contribution in [0.15, 0.2) is 28.7 Å². The lowest BCUT2D eigenvalue weighted by Crippen LogP contribution is -2.48. The van der Waals surface area contributed by atoms with E-state index < -0.39 is 26.9 Å². The van der Waals surface area contributed by atoms with Crippen molar-refractivity contribution >= 4 is 33.2 Å². The number of urea groups is 1. The van der Waals surface area contributed by atoms with E-state index in [1.54, 1.807) is 0 Å². The van der Waals surface area contributed by atoms with Crippen LogP contribution in [0.2, 0.25) is 5.02 Å². The number of amides is 2. The Hall–Kier alpha value is -1.77. The van der Waals surface area contributed by atoms with E-state index in [2.05, 4.69) is 21.6 Å². The second kappa shape index (κ2) is 8.40. The van der Waals surface area contributed by atoms with Gasteiger partial charge < -0.3 is 20.6 Å². The average Bonchev–Trinajstić information content (AvgIpc) is 3.28. The molecule has 1 atom stereocenters. The first-order chi connectivity index (χ1) is 14.3. The van der Waals surface area contributed by atoms with Crippen molar-refractivity contribution in [1.82, 2.24) is 10.2 Å². The van der Waals surface area contributed by atoms with Gasteiger partial charge in [-0.25, -0.2) is 13.2 Å². The third-order valence-electron chi connectivity index (χ3n) is 6.56. The summed E-state index contributed by atoms with van der Waals surface area (Å²) in [5, 5.41) is 15.5. The molecule has 164 valence electrons. The van der Waals surface area contributed by atoms with Crippen molar-refractivity contribution in [3.63, 3.8) is 0 Å². The summed E-state index contributed by atoms with van der Waals surface area (Å²) < 4.78 is 26.4. The summed E-state index contributed by atoms with van der Waals surface area (Å²) in [5.74, 6) is -0.499. The van der Waals surface area contributed by atoms with Crippen molar-refractivity contribution in [1.29, 1.82) is 0 Å². The highest BCUT2D eigenvalue weighted by Gasteiger charge is 2.44. The molecule has 1 heterocycles. The molecule has 1 unspecified atom stereocenters. The number of phenolic OH excluding ortho intramolecular Hbond substituents is 1. The minimum atomic E-state index is -3.80. The van der Waals surface area contributed by atoms with Crippen molar-refractivity contribution in [2.75, 3.05) is 18.4 Å². The maximum Gasteiger partial charge on any atom is 0.319 e. The zero-order valence-corrected chi connectivity index (χ0v) is 18.6. The predicted octanol–water partition coefficient (Wildman–Crippen LogP) is 3.68. The third-order valence-corrected chi connectivity index (χ3v) is 9.23. The Bertz CT molecular complexity index is 967. The van der Waals surface area contributed by atoms with Crippen LogP contribution in [-0.4, -0.2) is 54.9 Å². The number of phenols is 1. The van der Waals surface area contributed by atoms with E-state index in [0.29, 0.717) is 12.8 Å². The van der Waals surface area contributed by atoms with Crippen LogP contribution in [0.25, 0.3) is 0 Å². The van der Waals surface area contributed by atoms with E-state index in [1.807, 2.05) is 6.92 Å². The van der Waals surface area contributed by atoms with E-state index in [-0.39, 0.29) is 27.7 Å². The smallest absolute Gasteiger partial charge is 0.319 e. The fourth-order valence-corrected chi connectivity index (χ4v) is 7.11. The van der Waals surface area contributed by atoms with Crippen LogP contribution in [0, 0.1) is 0 Å². The number of carbonyl (C=O) groups is 1. The Morgan fingerprint density at radius 3 is 2.57 bits per heavy atom. The number of hydrogen-bond donors (Lipinski definition) is 3. The normalized spacial score (nSPS) is 26.9. The van der Waals surface area contributed by atoms with Gasteiger partial charge in [0.25, 0.3) is 0 Å². The molecule has 3 N–H and O–H groups in total. The Morgan fingerprint density at radius 1 is 1.23 bits per heavy atom. The summed E-state index contributed by atoms with van der Waals surface area (Å²) in [6, 6.07) is 2.55. The molecule has 2 aliphatic carbocycles. The molecular weight excluding hydrogens is 426 g/mol. The predicted molar refractivity (Wildman–Crippen MR) is 117 cm³/mol. The van der Waals surface area contributed by atoms with Crippen molar-refractivity contribution < 1.29 is 18.3 Å². The molecule has 1 aromatic rings. The first-order valence-electron chi connectivity index (χ1n) is 10.5. The molecule has 30 heavy (non-hydrogen) atoms. The highest BCUT2D eigenvalue weighted by molar-refractivity contribution is 7.92. The highest BCUT2D eigenvalue weighted by Crippen LogP contribution is 2.43. The molecular formula is C21H28ClN3O4S. The van der Waals surface area contributed by atoms with Crippen LogP contribution in [0.1, 0.15) is 45.4 Å². The quantitative estimate of drug-likeness (QED) is 0.466. The molecule has 0 bridgehead atoms. The molecule has 0 aromatic heterocycles. The minimum absolute atomic E-state index is 0.0300. The van der Waals surface area contributed by atoms with Crippen molar-refractivity contribution in [3.05, 3.63) is 28.8 Å². The minimum Gasteiger partial charge on any atom is -0.504 e. The average molecular weight is 454 g/mol. The summed E-state index contributed by atoms with van der Waals surface area (Å²) in [6.45, 7) is 4.00. The molecule has 7 nitrogen and oxygen atoms in total. The molecule has 1 saturated carbocycles. The Kier molecular flexibility index (Phi) is 6.01. The van der Waals surface area contributed by atoms with Crippen LogP contribution >= 0.6 is 11.6 Å². The molecule has 2 amide bonds. The van der Waals surface area contributed by atoms with E-state index >= 15 is 0 Å². The van der Waals surface area contributed by atoms with Gasteiger partial charge in [-0.2, -0.15) is 0 Å². The van der Waals surface area contributed by atoms with Gasteiger partial charge in [0, 0.05) is 6.04 Å². The van der Waals surface area contributed by atoms with Crippen LogP contribution in [0.3, 0.4) is 0 Å². The van der Waals surface area contributed by atoms with Gasteiger partial charge in [0.05, 0.1) is 22.0 Å². The zero-order chi connectivity index (χ0) is 21.5. The molecule has 4 rings (SSSR count). The van der Waals surface area contributed by atoms with E-state index in [9.17, 15) is 18.3 Å². The third kappa shape index (κ3) is 4.05. The number of likely N-dealkylation sites (tertiary alicyclic amines) is 1. The molecule has 9 heteroatoms. The van der Waals surface area contributed by atoms with Gasteiger partial charge in [-0.05, 0) is 70.7 Å². The van der Waals surface area contributed by atoms with Gasteiger partial charge in [-0.15, -0.1) is 0 Å². The SMILES string of the molecule is CC1=CCCC1NC(=O)Nc1ccc(Cl)c(S(=O)(=O)C2CC(N3CCCC3)C2)c1O. The standard InChI is InChI=1S/C21H28ClN3O4S/c1-13-5-4-6-17(13)23-21(27)24-18-8-7-16(22)20(19(18)26)30(28,29)15-11-14(12-15)25-9-2-3-10-25/h5,7-8,14-15,17,26H,2-4,6,9-12H2,1H3,(H2,23,24,27). The number of anilines is 1. The first-order valence-corrected chi connectivity index (χ1v) is 12.4. The van der Waals surface area contributed by atoms with Gasteiger partial charge in [0.1, 0.15) is 4.90 Å². The number of halogens is 1. The number of rotatable bonds is 5. The lowest BCUT2D eigenvalue weighted by Gasteiger charge is -2.40. The van der Waals surface area contributed by atoms with Gasteiger partial charge in [-0.1, -0.05) is 23.3 Å². The largest absolute Gasteiger partial charge is 0.504 e. The van der Waals surface area contributed by atoms with E-state index in [4.69, 9.17) is 11.6 Å². The molecule has 0 radical (unpaired) electrons. The number of sulfone groups is 1. The fraction of sp³-hybridized carbons (Fsp3) is 0.571. The van der Waals surface area contributed by atoms with Gasteiger partial charge in [-0.3, -0.25) is 0 Å². The van der Waals surface area contributed by atoms with Crippen LogP contribution < -0.4 is 10.6 Å². The monoisotopic (exact) mass is 453 g/mol. The lowest BCUT2D eigenvalue weighted by molar-refractivity contribution is 0.161. The molecule has 1 saturated heterocycles. The molecule has 3 aliphatic rings. The van der Waals surface area contributed by atoms with Crippen molar-refractivity contribution in [2.24, 2.45) is 0 Å². The van der Waals surface area contributed by atoms with Gasteiger partial charge in [0.2, 0.25) is 0 Å². The van der Waals surface area contributed by atoms with Crippen molar-refractivity contribution in [3.8, 4) is 5.75 Å². The van der Waals surface area contributed by atoms with Crippen LogP contribution in [0.4, 0.5) is 10.5 Å². The first kappa shape index (κ1) is 21.5. The fourth-order valence-electron chi connectivity index (χ4n) is 4.63. The number of aromatic hydroxyl groups is 1. The number of allylic oxidation sites excluding steroid dienone is 1. The molecule has 0 spiro atoms. The van der Waals surface area contributed by atoms with E-state index in [0.717, 1.165) is 44.3 Å². The summed E-state index contributed by atoms with van der Waals surface area (Å²) in [7, 11) is -3.80. The van der Waals surface area contributed by atoms with Gasteiger partial charge >= 0.3 is 6.03 Å². The van der Waals surface area contributed by atoms with E-state index in [1.165, 1.54) is 12.1 Å². The maximum atomic E-state index is 13.2. The Balaban J connectivity index is 1.48. The Labute approximate surface area is 182 Å². The summed E-state index contributed by atoms with van der Waals surface area (Å²) in [5.41, 5.74) is 1.12. The number of carbonyl (C=O) groups excluding carboxylic acids is 1. The molecule has 1 aromatic carbocycles. The summed E-state index contributed by atoms with van der Waals surface area (Å²) in [6.07, 6.45) is 7.21. The lowest BCUT2D eigenvalue weighted by atomic mass is 9.91. The van der Waals surface area contributed by atoms with Gasteiger partial charge in [0.15, 0.2) is 15.6 Å². The van der Waals surface area contributed by atoms with Crippen molar-refractivity contribution in [2.45, 2.75) is 67.7 Å². The summed E-state index contributed by atoms with van der Waals surface area (Å²) in [4.78, 5) is 14.4. The highest BCUT2D eigenvalue weighted by atomic mass is 35.5.